The zero-order valence-electron chi connectivity index (χ0n) is 16.7. The number of halogens is 2. The first-order chi connectivity index (χ1) is 14.1. The van der Waals surface area contributed by atoms with E-state index in [2.05, 4.69) is 10.1 Å². The molecular formula is C21H24F2N2O4S. The average molecular weight is 438 g/mol. The lowest BCUT2D eigenvalue weighted by molar-refractivity contribution is -0.0498. The van der Waals surface area contributed by atoms with Crippen LogP contribution in [0.25, 0.3) is 0 Å². The normalized spacial score (nSPS) is 20.2. The molecule has 30 heavy (non-hydrogen) atoms. The van der Waals surface area contributed by atoms with Gasteiger partial charge in [-0.15, -0.1) is 0 Å². The number of benzene rings is 2. The fourth-order valence-electron chi connectivity index (χ4n) is 3.65. The molecule has 1 N–H and O–H groups in total. The molecule has 0 bridgehead atoms. The third-order valence-corrected chi connectivity index (χ3v) is 6.77. The largest absolute Gasteiger partial charge is 0.435 e. The molecule has 2 aromatic carbocycles. The number of carbonyl (C=O) groups is 1. The molecule has 2 unspecified atom stereocenters. The van der Waals surface area contributed by atoms with Gasteiger partial charge in [0, 0.05) is 24.3 Å². The van der Waals surface area contributed by atoms with Crippen LogP contribution in [-0.2, 0) is 10.0 Å². The number of hydrogen-bond donors (Lipinski definition) is 1. The van der Waals surface area contributed by atoms with E-state index in [1.165, 1.54) is 52.8 Å². The number of carbonyl (C=O) groups excluding carboxylic acids is 1. The molecule has 162 valence electrons. The Morgan fingerprint density at radius 2 is 1.60 bits per heavy atom. The smallest absolute Gasteiger partial charge is 0.387 e. The number of nitrogens with zero attached hydrogens (tertiary/aromatic N) is 1. The monoisotopic (exact) mass is 438 g/mol. The van der Waals surface area contributed by atoms with Crippen molar-refractivity contribution in [1.82, 2.24) is 4.31 Å². The van der Waals surface area contributed by atoms with Crippen LogP contribution < -0.4 is 10.1 Å². The molecule has 9 heteroatoms. The summed E-state index contributed by atoms with van der Waals surface area (Å²) in [6, 6.07) is 11.3. The second kappa shape index (κ2) is 9.09. The van der Waals surface area contributed by atoms with Gasteiger partial charge >= 0.3 is 6.61 Å². The summed E-state index contributed by atoms with van der Waals surface area (Å²) in [6.45, 7) is 2.13. The average Bonchev–Trinajstić information content (AvgIpc) is 2.68. The number of piperidine rings is 1. The van der Waals surface area contributed by atoms with Gasteiger partial charge in [-0.05, 0) is 66.8 Å². The molecule has 1 heterocycles. The summed E-state index contributed by atoms with van der Waals surface area (Å²) in [4.78, 5) is 12.6. The standard InChI is InChI=1S/C21H24F2N2O4S/c1-14-11-15(2)13-25(12-14)30(27,28)19-9-3-16(4-10-19)20(26)24-17-5-7-18(8-6-17)29-21(22)23/h3-10,14-15,21H,11-13H2,1-2H3,(H,24,26). The van der Waals surface area contributed by atoms with E-state index in [0.29, 0.717) is 30.6 Å². The molecular weight excluding hydrogens is 414 g/mol. The minimum atomic E-state index is -3.62. The van der Waals surface area contributed by atoms with Gasteiger partial charge in [0.15, 0.2) is 0 Å². The quantitative estimate of drug-likeness (QED) is 0.733. The van der Waals surface area contributed by atoms with Crippen molar-refractivity contribution >= 4 is 21.6 Å². The fraction of sp³-hybridized carbons (Fsp3) is 0.381. The Kier molecular flexibility index (Phi) is 6.72. The summed E-state index contributed by atoms with van der Waals surface area (Å²) in [5.74, 6) is 0.137. The predicted octanol–water partition coefficient (Wildman–Crippen LogP) is 4.21. The van der Waals surface area contributed by atoms with Crippen molar-refractivity contribution in [2.24, 2.45) is 11.8 Å². The van der Waals surface area contributed by atoms with Crippen molar-refractivity contribution in [1.29, 1.82) is 0 Å². The van der Waals surface area contributed by atoms with Crippen LogP contribution in [-0.4, -0.2) is 38.3 Å². The zero-order chi connectivity index (χ0) is 21.9. The summed E-state index contributed by atoms with van der Waals surface area (Å²) in [6.07, 6.45) is 1.00. The fourth-order valence-corrected chi connectivity index (χ4v) is 5.33. The molecule has 1 aliphatic heterocycles. The van der Waals surface area contributed by atoms with E-state index in [1.807, 2.05) is 13.8 Å². The first-order valence-corrected chi connectivity index (χ1v) is 11.1. The van der Waals surface area contributed by atoms with E-state index >= 15 is 0 Å². The Morgan fingerprint density at radius 3 is 2.13 bits per heavy atom. The summed E-state index contributed by atoms with van der Waals surface area (Å²) in [5, 5.41) is 2.63. The Morgan fingerprint density at radius 1 is 1.03 bits per heavy atom. The Bertz CT molecular complexity index is 969. The predicted molar refractivity (Wildman–Crippen MR) is 109 cm³/mol. The summed E-state index contributed by atoms with van der Waals surface area (Å²) >= 11 is 0. The second-order valence-corrected chi connectivity index (χ2v) is 9.59. The molecule has 2 aromatic rings. The zero-order valence-corrected chi connectivity index (χ0v) is 17.5. The van der Waals surface area contributed by atoms with Gasteiger partial charge in [0.05, 0.1) is 4.90 Å². The number of rotatable bonds is 6. The van der Waals surface area contributed by atoms with Crippen molar-refractivity contribution in [2.45, 2.75) is 31.8 Å². The Hall–Kier alpha value is -2.52. The van der Waals surface area contributed by atoms with E-state index in [4.69, 9.17) is 0 Å². The van der Waals surface area contributed by atoms with E-state index in [-0.39, 0.29) is 16.2 Å². The van der Waals surface area contributed by atoms with Crippen LogP contribution in [0.1, 0.15) is 30.6 Å². The van der Waals surface area contributed by atoms with Crippen LogP contribution >= 0.6 is 0 Å². The molecule has 1 fully saturated rings. The summed E-state index contributed by atoms with van der Waals surface area (Å²) in [5.41, 5.74) is 0.678. The van der Waals surface area contributed by atoms with Crippen LogP contribution in [0.15, 0.2) is 53.4 Å². The van der Waals surface area contributed by atoms with Gasteiger partial charge in [-0.1, -0.05) is 13.8 Å². The highest BCUT2D eigenvalue weighted by Gasteiger charge is 2.31. The molecule has 2 atom stereocenters. The first kappa shape index (κ1) is 22.2. The second-order valence-electron chi connectivity index (χ2n) is 7.65. The number of nitrogens with one attached hydrogen (secondary N) is 1. The van der Waals surface area contributed by atoms with Crippen LogP contribution in [0.3, 0.4) is 0 Å². The molecule has 0 aromatic heterocycles. The van der Waals surface area contributed by atoms with Crippen molar-refractivity contribution in [3.63, 3.8) is 0 Å². The van der Waals surface area contributed by atoms with Crippen LogP contribution in [0.5, 0.6) is 5.75 Å². The van der Waals surface area contributed by atoms with Crippen LogP contribution in [0, 0.1) is 11.8 Å². The number of amides is 1. The van der Waals surface area contributed by atoms with Gasteiger partial charge in [0.2, 0.25) is 10.0 Å². The van der Waals surface area contributed by atoms with E-state index in [9.17, 15) is 22.0 Å². The SMILES string of the molecule is CC1CC(C)CN(S(=O)(=O)c2ccc(C(=O)Nc3ccc(OC(F)F)cc3)cc2)C1. The number of hydrogen-bond acceptors (Lipinski definition) is 4. The van der Waals surface area contributed by atoms with Gasteiger partial charge in [0.1, 0.15) is 5.75 Å². The van der Waals surface area contributed by atoms with Crippen molar-refractivity contribution in [3.8, 4) is 5.75 Å². The van der Waals surface area contributed by atoms with Crippen LogP contribution in [0.4, 0.5) is 14.5 Å². The number of ether oxygens (including phenoxy) is 1. The van der Waals surface area contributed by atoms with Crippen molar-refractivity contribution in [3.05, 3.63) is 54.1 Å². The van der Waals surface area contributed by atoms with Gasteiger partial charge < -0.3 is 10.1 Å². The number of sulfonamides is 1. The van der Waals surface area contributed by atoms with Gasteiger partial charge in [-0.25, -0.2) is 8.42 Å². The molecule has 1 saturated heterocycles. The summed E-state index contributed by atoms with van der Waals surface area (Å²) in [7, 11) is -3.62. The molecule has 1 amide bonds. The van der Waals surface area contributed by atoms with Crippen molar-refractivity contribution in [2.75, 3.05) is 18.4 Å². The molecule has 3 rings (SSSR count). The highest BCUT2D eigenvalue weighted by molar-refractivity contribution is 7.89. The number of anilines is 1. The maximum atomic E-state index is 12.9. The molecule has 0 spiro atoms. The first-order valence-electron chi connectivity index (χ1n) is 9.61. The lowest BCUT2D eigenvalue weighted by atomic mass is 9.94. The third kappa shape index (κ3) is 5.34. The lowest BCUT2D eigenvalue weighted by Gasteiger charge is -2.34. The van der Waals surface area contributed by atoms with E-state index in [1.54, 1.807) is 0 Å². The minimum Gasteiger partial charge on any atom is -0.435 e. The highest BCUT2D eigenvalue weighted by Crippen LogP contribution is 2.27. The molecule has 6 nitrogen and oxygen atoms in total. The molecule has 0 aliphatic carbocycles. The van der Waals surface area contributed by atoms with Gasteiger partial charge in [-0.3, -0.25) is 4.79 Å². The van der Waals surface area contributed by atoms with Crippen molar-refractivity contribution < 1.29 is 26.7 Å². The summed E-state index contributed by atoms with van der Waals surface area (Å²) < 4.78 is 56.0. The van der Waals surface area contributed by atoms with Crippen LogP contribution in [0.2, 0.25) is 0 Å². The van der Waals surface area contributed by atoms with E-state index in [0.717, 1.165) is 6.42 Å². The number of alkyl halides is 2. The topological polar surface area (TPSA) is 75.7 Å². The third-order valence-electron chi connectivity index (χ3n) is 4.93. The Labute approximate surface area is 174 Å². The highest BCUT2D eigenvalue weighted by atomic mass is 32.2. The molecule has 0 radical (unpaired) electrons. The Balaban J connectivity index is 1.68. The minimum absolute atomic E-state index is 0.0149. The van der Waals surface area contributed by atoms with Gasteiger partial charge in [0.25, 0.3) is 5.91 Å². The molecule has 0 saturated carbocycles. The van der Waals surface area contributed by atoms with Gasteiger partial charge in [-0.2, -0.15) is 13.1 Å². The maximum Gasteiger partial charge on any atom is 0.387 e. The maximum absolute atomic E-state index is 12.9. The van der Waals surface area contributed by atoms with E-state index < -0.39 is 22.5 Å². The lowest BCUT2D eigenvalue weighted by Crippen LogP contribution is -2.42. The molecule has 1 aliphatic rings.